The molecular weight excluding hydrogens is 592 g/mol. The lowest BCUT2D eigenvalue weighted by atomic mass is 9.90. The molecule has 47 heavy (non-hydrogen) atoms. The van der Waals surface area contributed by atoms with E-state index in [1.54, 1.807) is 6.92 Å². The maximum atomic E-state index is 12.3. The van der Waals surface area contributed by atoms with Crippen molar-refractivity contribution in [3.05, 3.63) is 131 Å². The van der Waals surface area contributed by atoms with E-state index in [9.17, 15) is 14.7 Å². The van der Waals surface area contributed by atoms with E-state index in [0.717, 1.165) is 46.5 Å². The first-order chi connectivity index (χ1) is 22.7. The third kappa shape index (κ3) is 9.14. The minimum Gasteiger partial charge on any atom is -0.453 e. The number of nitrogens with one attached hydrogen (secondary N) is 1. The number of amides is 1. The number of likely N-dealkylation sites (N-methyl/N-ethyl adjacent to an activating group) is 1. The number of esters is 1. The fourth-order valence-corrected chi connectivity index (χ4v) is 5.92. The highest BCUT2D eigenvalue weighted by Gasteiger charge is 2.38. The van der Waals surface area contributed by atoms with E-state index in [4.69, 9.17) is 14.2 Å². The molecule has 0 aromatic heterocycles. The van der Waals surface area contributed by atoms with Crippen molar-refractivity contribution < 1.29 is 28.9 Å². The molecule has 1 heterocycles. The van der Waals surface area contributed by atoms with Gasteiger partial charge >= 0.3 is 5.97 Å². The van der Waals surface area contributed by atoms with E-state index in [2.05, 4.69) is 60.6 Å². The molecule has 8 nitrogen and oxygen atoms in total. The second-order valence-electron chi connectivity index (χ2n) is 12.3. The van der Waals surface area contributed by atoms with Gasteiger partial charge in [0.15, 0.2) is 12.4 Å². The number of ether oxygens (including phenoxy) is 3. The number of benzene rings is 4. The first-order valence-corrected chi connectivity index (χ1v) is 16.1. The third-order valence-corrected chi connectivity index (χ3v) is 8.53. The van der Waals surface area contributed by atoms with E-state index in [1.165, 1.54) is 12.5 Å². The van der Waals surface area contributed by atoms with Crippen LogP contribution in [-0.4, -0.2) is 47.7 Å². The van der Waals surface area contributed by atoms with Crippen molar-refractivity contribution in [3.63, 3.8) is 0 Å². The second kappa shape index (κ2) is 16.0. The van der Waals surface area contributed by atoms with Crippen LogP contribution in [0.3, 0.4) is 0 Å². The number of hydrogen-bond donors (Lipinski definition) is 2. The Kier molecular flexibility index (Phi) is 11.6. The van der Waals surface area contributed by atoms with Gasteiger partial charge in [-0.05, 0) is 53.4 Å². The Labute approximate surface area is 277 Å². The molecule has 1 amide bonds. The number of aliphatic hydroxyl groups is 1. The van der Waals surface area contributed by atoms with Crippen molar-refractivity contribution in [3.8, 4) is 11.1 Å². The van der Waals surface area contributed by atoms with Gasteiger partial charge in [0.1, 0.15) is 0 Å². The van der Waals surface area contributed by atoms with Crippen LogP contribution >= 0.6 is 0 Å². The van der Waals surface area contributed by atoms with Crippen LogP contribution in [0.5, 0.6) is 0 Å². The molecule has 0 saturated carbocycles. The SMILES string of the molecule is CC(=O)O[C@@H](C)C(=O)NCc1cccc(-c2ccc([C@H]3O[C@@H](CN(C)Cc4ccccc4)[C@@H](C)[C@@H](c4ccc(CO)cc4)O3)cc2)c1. The average Bonchev–Trinajstić information content (AvgIpc) is 3.08. The van der Waals surface area contributed by atoms with Crippen LogP contribution in [-0.2, 0) is 43.5 Å². The van der Waals surface area contributed by atoms with Crippen LogP contribution in [0.15, 0.2) is 103 Å². The summed E-state index contributed by atoms with van der Waals surface area (Å²) in [4.78, 5) is 25.8. The van der Waals surface area contributed by atoms with E-state index >= 15 is 0 Å². The van der Waals surface area contributed by atoms with Gasteiger partial charge in [0.25, 0.3) is 5.91 Å². The van der Waals surface area contributed by atoms with Gasteiger partial charge in [0.05, 0.1) is 18.8 Å². The van der Waals surface area contributed by atoms with Crippen LogP contribution in [0.1, 0.15) is 61.0 Å². The van der Waals surface area contributed by atoms with Crippen molar-refractivity contribution in [2.24, 2.45) is 5.92 Å². The molecule has 0 unspecified atom stereocenters. The zero-order valence-electron chi connectivity index (χ0n) is 27.5. The summed E-state index contributed by atoms with van der Waals surface area (Å²) in [6, 6.07) is 34.6. The monoisotopic (exact) mass is 636 g/mol. The molecule has 5 rings (SSSR count). The Bertz CT molecular complexity index is 1610. The number of hydrogen-bond acceptors (Lipinski definition) is 7. The van der Waals surface area contributed by atoms with Gasteiger partial charge in [-0.2, -0.15) is 0 Å². The summed E-state index contributed by atoms with van der Waals surface area (Å²) in [7, 11) is 2.12. The zero-order chi connectivity index (χ0) is 33.3. The number of aliphatic hydroxyl groups excluding tert-OH is 1. The second-order valence-corrected chi connectivity index (χ2v) is 12.3. The van der Waals surface area contributed by atoms with Crippen LogP contribution in [0.4, 0.5) is 0 Å². The predicted molar refractivity (Wildman–Crippen MR) is 181 cm³/mol. The summed E-state index contributed by atoms with van der Waals surface area (Å²) in [5.74, 6) is -0.747. The molecule has 4 aromatic rings. The molecule has 4 aromatic carbocycles. The van der Waals surface area contributed by atoms with Gasteiger partial charge < -0.3 is 24.6 Å². The molecule has 246 valence electrons. The molecule has 0 spiro atoms. The minimum atomic E-state index is -0.848. The van der Waals surface area contributed by atoms with Crippen molar-refractivity contribution >= 4 is 11.9 Å². The molecule has 8 heteroatoms. The first kappa shape index (κ1) is 34.0. The van der Waals surface area contributed by atoms with Crippen molar-refractivity contribution in [1.29, 1.82) is 0 Å². The topological polar surface area (TPSA) is 97.3 Å². The number of carbonyl (C=O) groups is 2. The minimum absolute atomic E-state index is 0.000813. The zero-order valence-corrected chi connectivity index (χ0v) is 27.5. The average molecular weight is 637 g/mol. The number of rotatable bonds is 12. The Morgan fingerprint density at radius 2 is 1.53 bits per heavy atom. The van der Waals surface area contributed by atoms with Crippen molar-refractivity contribution in [1.82, 2.24) is 10.2 Å². The summed E-state index contributed by atoms with van der Waals surface area (Å²) in [5, 5.41) is 12.4. The third-order valence-electron chi connectivity index (χ3n) is 8.53. The molecule has 2 N–H and O–H groups in total. The van der Waals surface area contributed by atoms with E-state index in [0.29, 0.717) is 6.54 Å². The molecule has 1 saturated heterocycles. The Morgan fingerprint density at radius 1 is 0.851 bits per heavy atom. The van der Waals surface area contributed by atoms with Crippen molar-refractivity contribution in [2.45, 2.75) is 65.1 Å². The molecule has 0 aliphatic carbocycles. The Balaban J connectivity index is 1.31. The lowest BCUT2D eigenvalue weighted by Gasteiger charge is -2.42. The summed E-state index contributed by atoms with van der Waals surface area (Å²) >= 11 is 0. The molecule has 0 radical (unpaired) electrons. The highest BCUT2D eigenvalue weighted by Crippen LogP contribution is 2.42. The van der Waals surface area contributed by atoms with Gasteiger partial charge in [-0.15, -0.1) is 0 Å². The van der Waals surface area contributed by atoms with Crippen molar-refractivity contribution in [2.75, 3.05) is 13.6 Å². The molecule has 1 aliphatic rings. The molecule has 1 fully saturated rings. The van der Waals surface area contributed by atoms with Crippen LogP contribution in [0, 0.1) is 5.92 Å². The van der Waals surface area contributed by atoms with Gasteiger partial charge in [0, 0.05) is 38.0 Å². The molecule has 0 bridgehead atoms. The highest BCUT2D eigenvalue weighted by atomic mass is 16.7. The number of carbonyl (C=O) groups excluding carboxylic acids is 2. The fraction of sp³-hybridized carbons (Fsp3) is 0.333. The smallest absolute Gasteiger partial charge is 0.303 e. The lowest BCUT2D eigenvalue weighted by Crippen LogP contribution is -2.43. The maximum absolute atomic E-state index is 12.3. The lowest BCUT2D eigenvalue weighted by molar-refractivity contribution is -0.276. The summed E-state index contributed by atoms with van der Waals surface area (Å²) in [5.41, 5.74) is 7.06. The first-order valence-electron chi connectivity index (χ1n) is 16.1. The Hall–Kier alpha value is -4.34. The summed E-state index contributed by atoms with van der Waals surface area (Å²) in [6.45, 7) is 6.89. The molecular formula is C39H44N2O6. The normalized spacial score (nSPS) is 20.0. The van der Waals surface area contributed by atoms with Crippen LogP contribution < -0.4 is 5.32 Å². The maximum Gasteiger partial charge on any atom is 0.303 e. The quantitative estimate of drug-likeness (QED) is 0.175. The summed E-state index contributed by atoms with van der Waals surface area (Å²) < 4.78 is 18.3. The molecule has 5 atom stereocenters. The molecule has 1 aliphatic heterocycles. The largest absolute Gasteiger partial charge is 0.453 e. The van der Waals surface area contributed by atoms with E-state index < -0.39 is 18.4 Å². The van der Waals surface area contributed by atoms with Gasteiger partial charge in [-0.25, -0.2) is 0 Å². The van der Waals surface area contributed by atoms with Crippen LogP contribution in [0.25, 0.3) is 11.1 Å². The Morgan fingerprint density at radius 3 is 2.21 bits per heavy atom. The standard InChI is InChI=1S/C39H44N2O6/c1-26-36(24-41(4)23-29-9-6-5-7-10-29)46-39(47-37(26)33-15-13-30(25-42)14-16-33)34-19-17-32(18-20-34)35-12-8-11-31(21-35)22-40-38(44)27(2)45-28(3)43/h5-21,26-27,36-37,39,42H,22-25H2,1-4H3,(H,40,44)/t26-,27+,36+,37+,39+/m1/s1. The number of nitrogens with zero attached hydrogens (tertiary/aromatic N) is 1. The fourth-order valence-electron chi connectivity index (χ4n) is 5.92. The van der Waals surface area contributed by atoms with Crippen LogP contribution in [0.2, 0.25) is 0 Å². The van der Waals surface area contributed by atoms with Gasteiger partial charge in [0.2, 0.25) is 0 Å². The predicted octanol–water partition coefficient (Wildman–Crippen LogP) is 6.34. The van der Waals surface area contributed by atoms with Gasteiger partial charge in [-0.1, -0.05) is 104 Å². The summed E-state index contributed by atoms with van der Waals surface area (Å²) in [6.07, 6.45) is -1.68. The highest BCUT2D eigenvalue weighted by molar-refractivity contribution is 5.82. The van der Waals surface area contributed by atoms with E-state index in [1.807, 2.05) is 66.7 Å². The van der Waals surface area contributed by atoms with E-state index in [-0.39, 0.29) is 30.6 Å². The van der Waals surface area contributed by atoms with Gasteiger partial charge in [-0.3, -0.25) is 14.5 Å².